The van der Waals surface area contributed by atoms with Crippen LogP contribution < -0.4 is 4.74 Å². The van der Waals surface area contributed by atoms with E-state index in [1.54, 1.807) is 23.1 Å². The Morgan fingerprint density at radius 3 is 2.53 bits per heavy atom. The molecule has 1 atom stereocenters. The summed E-state index contributed by atoms with van der Waals surface area (Å²) >= 11 is 0. The Kier molecular flexibility index (Phi) is 6.54. The van der Waals surface area contributed by atoms with Crippen LogP contribution in [0.2, 0.25) is 0 Å². The van der Waals surface area contributed by atoms with Gasteiger partial charge in [-0.15, -0.1) is 0 Å². The number of carbonyl (C=O) groups is 3. The highest BCUT2D eigenvalue weighted by molar-refractivity contribution is 6.07. The zero-order valence-electron chi connectivity index (χ0n) is 21.1. The van der Waals surface area contributed by atoms with Crippen molar-refractivity contribution in [3.05, 3.63) is 99.9 Å². The van der Waals surface area contributed by atoms with E-state index in [4.69, 9.17) is 4.74 Å². The van der Waals surface area contributed by atoms with Crippen LogP contribution in [0.15, 0.2) is 60.7 Å². The second-order valence-corrected chi connectivity index (χ2v) is 10.4. The third kappa shape index (κ3) is 4.86. The fourth-order valence-electron chi connectivity index (χ4n) is 5.78. The van der Waals surface area contributed by atoms with E-state index >= 15 is 0 Å². The van der Waals surface area contributed by atoms with Gasteiger partial charge in [0.1, 0.15) is 24.0 Å². The predicted octanol–water partition coefficient (Wildman–Crippen LogP) is 4.61. The second kappa shape index (κ2) is 10.1. The number of carbonyl (C=O) groups excluding carboxylic acids is 3. The number of ketones is 2. The molecule has 1 fully saturated rings. The molecule has 194 valence electrons. The lowest BCUT2D eigenvalue weighted by Gasteiger charge is -2.29. The number of benzene rings is 3. The summed E-state index contributed by atoms with van der Waals surface area (Å²) in [5, 5.41) is 0. The summed E-state index contributed by atoms with van der Waals surface area (Å²) in [6.07, 6.45) is 1.56. The molecule has 0 spiro atoms. The molecule has 3 aromatic carbocycles. The van der Waals surface area contributed by atoms with E-state index < -0.39 is 6.04 Å². The fourth-order valence-corrected chi connectivity index (χ4v) is 5.78. The molecule has 0 aromatic heterocycles. The lowest BCUT2D eigenvalue weighted by Crippen LogP contribution is -2.44. The summed E-state index contributed by atoms with van der Waals surface area (Å²) in [6.45, 7) is 3.16. The van der Waals surface area contributed by atoms with Crippen molar-refractivity contribution in [2.24, 2.45) is 0 Å². The van der Waals surface area contributed by atoms with Crippen molar-refractivity contribution in [2.45, 2.75) is 58.0 Å². The SMILES string of the molecule is O=C1CC[C@H](N2Cc3c(OCc4ccc(CN5CCc6ccc(F)cc6C5)cc4)cccc3C2=O)C(=O)C1. The Morgan fingerprint density at radius 1 is 0.895 bits per heavy atom. The molecule has 7 heteroatoms. The predicted molar refractivity (Wildman–Crippen MR) is 139 cm³/mol. The number of halogens is 1. The van der Waals surface area contributed by atoms with Crippen molar-refractivity contribution < 1.29 is 23.5 Å². The van der Waals surface area contributed by atoms with Gasteiger partial charge in [0.05, 0.1) is 19.0 Å². The molecular formula is C31H29FN2O4. The highest BCUT2D eigenvalue weighted by Crippen LogP contribution is 2.34. The number of Topliss-reactive ketones (excluding diaryl/α,β-unsaturated/α-hetero) is 2. The van der Waals surface area contributed by atoms with E-state index in [-0.39, 0.29) is 29.7 Å². The van der Waals surface area contributed by atoms with E-state index in [1.165, 1.54) is 17.2 Å². The first-order valence-corrected chi connectivity index (χ1v) is 13.1. The number of nitrogens with zero attached hydrogens (tertiary/aromatic N) is 2. The molecule has 3 aliphatic rings. The molecule has 0 saturated heterocycles. The summed E-state index contributed by atoms with van der Waals surface area (Å²) in [4.78, 5) is 41.0. The van der Waals surface area contributed by atoms with E-state index in [1.807, 2.05) is 24.3 Å². The molecule has 38 heavy (non-hydrogen) atoms. The summed E-state index contributed by atoms with van der Waals surface area (Å²) in [6, 6.07) is 18.2. The Balaban J connectivity index is 1.08. The molecule has 0 radical (unpaired) electrons. The highest BCUT2D eigenvalue weighted by Gasteiger charge is 2.40. The van der Waals surface area contributed by atoms with Gasteiger partial charge in [-0.25, -0.2) is 4.39 Å². The number of rotatable bonds is 6. The van der Waals surface area contributed by atoms with Gasteiger partial charge in [-0.05, 0) is 59.4 Å². The lowest BCUT2D eigenvalue weighted by molar-refractivity contribution is -0.133. The zero-order valence-corrected chi connectivity index (χ0v) is 21.1. The number of hydrogen-bond donors (Lipinski definition) is 0. The van der Waals surface area contributed by atoms with Crippen molar-refractivity contribution in [2.75, 3.05) is 6.54 Å². The summed E-state index contributed by atoms with van der Waals surface area (Å²) in [5.74, 6) is 0.0505. The van der Waals surface area contributed by atoms with Crippen molar-refractivity contribution >= 4 is 17.5 Å². The summed E-state index contributed by atoms with van der Waals surface area (Å²) < 4.78 is 19.8. The molecule has 6 nitrogen and oxygen atoms in total. The maximum absolute atomic E-state index is 13.6. The molecule has 0 N–H and O–H groups in total. The Bertz CT molecular complexity index is 1420. The lowest BCUT2D eigenvalue weighted by atomic mass is 9.92. The second-order valence-electron chi connectivity index (χ2n) is 10.4. The van der Waals surface area contributed by atoms with Crippen molar-refractivity contribution in [3.63, 3.8) is 0 Å². The molecule has 2 aliphatic heterocycles. The number of ether oxygens (including phenoxy) is 1. The van der Waals surface area contributed by atoms with Crippen molar-refractivity contribution in [3.8, 4) is 5.75 Å². The van der Waals surface area contributed by atoms with Crippen LogP contribution in [0, 0.1) is 5.82 Å². The first kappa shape index (κ1) is 24.5. The Morgan fingerprint density at radius 2 is 1.71 bits per heavy atom. The van der Waals surface area contributed by atoms with Gasteiger partial charge in [-0.2, -0.15) is 0 Å². The molecule has 0 unspecified atom stereocenters. The summed E-state index contributed by atoms with van der Waals surface area (Å²) in [5.41, 5.74) is 5.85. The van der Waals surface area contributed by atoms with E-state index in [0.29, 0.717) is 37.3 Å². The molecular weight excluding hydrogens is 483 g/mol. The molecule has 1 saturated carbocycles. The smallest absolute Gasteiger partial charge is 0.255 e. The molecule has 1 aliphatic carbocycles. The molecule has 1 amide bonds. The van der Waals surface area contributed by atoms with Gasteiger partial charge in [0.2, 0.25) is 0 Å². The molecule has 6 rings (SSSR count). The third-order valence-corrected chi connectivity index (χ3v) is 7.85. The number of fused-ring (bicyclic) bond motifs is 2. The molecule has 3 aromatic rings. The Labute approximate surface area is 221 Å². The third-order valence-electron chi connectivity index (χ3n) is 7.85. The zero-order chi connectivity index (χ0) is 26.2. The van der Waals surface area contributed by atoms with Gasteiger partial charge in [-0.1, -0.05) is 36.4 Å². The van der Waals surface area contributed by atoms with E-state index in [9.17, 15) is 18.8 Å². The normalized spacial score (nSPS) is 19.4. The van der Waals surface area contributed by atoms with Gasteiger partial charge in [0.15, 0.2) is 5.78 Å². The average molecular weight is 513 g/mol. The quantitative estimate of drug-likeness (QED) is 0.452. The van der Waals surface area contributed by atoms with Gasteiger partial charge in [0.25, 0.3) is 5.91 Å². The van der Waals surface area contributed by atoms with E-state index in [0.717, 1.165) is 42.7 Å². The minimum absolute atomic E-state index is 0.0536. The van der Waals surface area contributed by atoms with Crippen LogP contribution in [0.3, 0.4) is 0 Å². The standard InChI is InChI=1S/C31H29FN2O4/c32-24-9-8-22-12-13-33(17-23(22)14-24)16-20-4-6-21(7-5-20)19-38-30-3-1-2-26-27(30)18-34(31(26)37)28-11-10-25(35)15-29(28)36/h1-9,14,28H,10-13,15-19H2/t28-/m0/s1. The average Bonchev–Trinajstić information content (AvgIpc) is 3.24. The largest absolute Gasteiger partial charge is 0.489 e. The monoisotopic (exact) mass is 512 g/mol. The van der Waals surface area contributed by atoms with Crippen LogP contribution in [-0.2, 0) is 42.3 Å². The van der Waals surface area contributed by atoms with Crippen LogP contribution >= 0.6 is 0 Å². The van der Waals surface area contributed by atoms with Crippen LogP contribution in [0.5, 0.6) is 5.75 Å². The maximum atomic E-state index is 13.6. The Hall–Kier alpha value is -3.84. The van der Waals surface area contributed by atoms with Crippen LogP contribution in [-0.4, -0.2) is 39.9 Å². The van der Waals surface area contributed by atoms with Crippen LogP contribution in [0.4, 0.5) is 4.39 Å². The molecule has 0 bridgehead atoms. The molecule has 2 heterocycles. The van der Waals surface area contributed by atoms with Gasteiger partial charge in [0, 0.05) is 37.2 Å². The van der Waals surface area contributed by atoms with Crippen molar-refractivity contribution in [1.29, 1.82) is 0 Å². The fraction of sp³-hybridized carbons (Fsp3) is 0.323. The van der Waals surface area contributed by atoms with Gasteiger partial charge in [-0.3, -0.25) is 19.3 Å². The van der Waals surface area contributed by atoms with Gasteiger partial charge >= 0.3 is 0 Å². The number of hydrogen-bond acceptors (Lipinski definition) is 5. The van der Waals surface area contributed by atoms with E-state index in [2.05, 4.69) is 17.0 Å². The maximum Gasteiger partial charge on any atom is 0.255 e. The van der Waals surface area contributed by atoms with Crippen LogP contribution in [0.1, 0.15) is 57.4 Å². The first-order chi connectivity index (χ1) is 18.4. The van der Waals surface area contributed by atoms with Crippen LogP contribution in [0.25, 0.3) is 0 Å². The minimum Gasteiger partial charge on any atom is -0.489 e. The summed E-state index contributed by atoms with van der Waals surface area (Å²) in [7, 11) is 0. The topological polar surface area (TPSA) is 66.9 Å². The minimum atomic E-state index is -0.541. The first-order valence-electron chi connectivity index (χ1n) is 13.1. The highest BCUT2D eigenvalue weighted by atomic mass is 19.1. The van der Waals surface area contributed by atoms with Crippen molar-refractivity contribution in [1.82, 2.24) is 9.80 Å². The van der Waals surface area contributed by atoms with Gasteiger partial charge < -0.3 is 9.64 Å². The number of amides is 1.